The fourth-order valence-electron chi connectivity index (χ4n) is 3.11. The van der Waals surface area contributed by atoms with Crippen molar-refractivity contribution in [3.05, 3.63) is 95.6 Å². The number of anilines is 1. The van der Waals surface area contributed by atoms with Gasteiger partial charge in [0.1, 0.15) is 12.4 Å². The van der Waals surface area contributed by atoms with E-state index in [1.165, 1.54) is 0 Å². The highest BCUT2D eigenvalue weighted by atomic mass is 16.5. The van der Waals surface area contributed by atoms with Crippen LogP contribution in [0.25, 0.3) is 11.6 Å². The molecular weight excluding hydrogens is 322 g/mol. The third-order valence-corrected chi connectivity index (χ3v) is 4.53. The normalized spacial score (nSPS) is 14.6. The largest absolute Gasteiger partial charge is 0.489 e. The third-order valence-electron chi connectivity index (χ3n) is 4.53. The predicted octanol–water partition coefficient (Wildman–Crippen LogP) is 4.78. The second-order valence-electron chi connectivity index (χ2n) is 6.28. The first kappa shape index (κ1) is 16.2. The lowest BCUT2D eigenvalue weighted by molar-refractivity contribution is -0.112. The van der Waals surface area contributed by atoms with E-state index in [2.05, 4.69) is 0 Å². The molecule has 0 N–H and O–H groups in total. The van der Waals surface area contributed by atoms with Crippen molar-refractivity contribution in [3.8, 4) is 5.75 Å². The van der Waals surface area contributed by atoms with E-state index in [4.69, 9.17) is 4.74 Å². The topological polar surface area (TPSA) is 29.5 Å². The van der Waals surface area contributed by atoms with Crippen LogP contribution in [0.2, 0.25) is 0 Å². The summed E-state index contributed by atoms with van der Waals surface area (Å²) >= 11 is 0. The number of carbonyl (C=O) groups is 1. The van der Waals surface area contributed by atoms with Gasteiger partial charge in [-0.3, -0.25) is 4.79 Å². The number of ether oxygens (including phenoxy) is 1. The first-order valence-electron chi connectivity index (χ1n) is 8.58. The molecule has 1 aliphatic heterocycles. The standard InChI is InChI=1S/C23H19NO2/c1-24-22-10-6-5-9-20(22)21(23(24)25)15-17-11-13-19(14-12-17)26-16-18-7-3-2-4-8-18/h2-15H,16H2,1H3/b21-15-. The van der Waals surface area contributed by atoms with Crippen LogP contribution in [-0.2, 0) is 11.4 Å². The van der Waals surface area contributed by atoms with E-state index in [0.717, 1.165) is 33.7 Å². The molecule has 128 valence electrons. The fourth-order valence-corrected chi connectivity index (χ4v) is 3.11. The van der Waals surface area contributed by atoms with Crippen LogP contribution in [0.5, 0.6) is 5.75 Å². The van der Waals surface area contributed by atoms with Crippen molar-refractivity contribution in [2.24, 2.45) is 0 Å². The van der Waals surface area contributed by atoms with Gasteiger partial charge in [0, 0.05) is 18.2 Å². The Morgan fingerprint density at radius 1 is 0.885 bits per heavy atom. The van der Waals surface area contributed by atoms with Gasteiger partial charge in [-0.05, 0) is 35.4 Å². The SMILES string of the molecule is CN1C(=O)/C(=C\c2ccc(OCc3ccccc3)cc2)c2ccccc21. The lowest BCUT2D eigenvalue weighted by Gasteiger charge is -2.08. The van der Waals surface area contributed by atoms with Crippen LogP contribution in [0.3, 0.4) is 0 Å². The monoisotopic (exact) mass is 341 g/mol. The number of hydrogen-bond acceptors (Lipinski definition) is 2. The van der Waals surface area contributed by atoms with E-state index < -0.39 is 0 Å². The smallest absolute Gasteiger partial charge is 0.258 e. The Bertz CT molecular complexity index is 959. The molecule has 0 unspecified atom stereocenters. The quantitative estimate of drug-likeness (QED) is 0.639. The van der Waals surface area contributed by atoms with Gasteiger partial charge in [-0.2, -0.15) is 0 Å². The van der Waals surface area contributed by atoms with E-state index in [1.54, 1.807) is 4.90 Å². The number of nitrogens with zero attached hydrogens (tertiary/aromatic N) is 1. The lowest BCUT2D eigenvalue weighted by atomic mass is 10.0. The third kappa shape index (κ3) is 3.11. The molecule has 0 fully saturated rings. The molecule has 0 bridgehead atoms. The van der Waals surface area contributed by atoms with Crippen LogP contribution < -0.4 is 9.64 Å². The van der Waals surface area contributed by atoms with E-state index in [0.29, 0.717) is 6.61 Å². The lowest BCUT2D eigenvalue weighted by Crippen LogP contribution is -2.20. The predicted molar refractivity (Wildman–Crippen MR) is 105 cm³/mol. The summed E-state index contributed by atoms with van der Waals surface area (Å²) in [4.78, 5) is 14.2. The molecule has 0 aliphatic carbocycles. The number of amides is 1. The molecule has 1 aliphatic rings. The van der Waals surface area contributed by atoms with Gasteiger partial charge in [0.25, 0.3) is 5.91 Å². The second kappa shape index (κ2) is 6.89. The number of carbonyl (C=O) groups excluding carboxylic acids is 1. The molecule has 0 radical (unpaired) electrons. The zero-order chi connectivity index (χ0) is 17.9. The highest BCUT2D eigenvalue weighted by Crippen LogP contribution is 2.36. The van der Waals surface area contributed by atoms with Gasteiger partial charge in [-0.25, -0.2) is 0 Å². The number of rotatable bonds is 4. The van der Waals surface area contributed by atoms with Crippen LogP contribution in [-0.4, -0.2) is 13.0 Å². The molecule has 0 aromatic heterocycles. The molecule has 0 spiro atoms. The maximum atomic E-state index is 12.5. The van der Waals surface area contributed by atoms with Crippen molar-refractivity contribution in [2.75, 3.05) is 11.9 Å². The van der Waals surface area contributed by atoms with Crippen LogP contribution in [0.15, 0.2) is 78.9 Å². The molecule has 1 amide bonds. The Labute approximate surface area is 153 Å². The summed E-state index contributed by atoms with van der Waals surface area (Å²) in [5, 5.41) is 0. The highest BCUT2D eigenvalue weighted by molar-refractivity contribution is 6.35. The fraction of sp³-hybridized carbons (Fsp3) is 0.0870. The van der Waals surface area contributed by atoms with Crippen molar-refractivity contribution in [1.29, 1.82) is 0 Å². The minimum atomic E-state index is 0.0237. The maximum Gasteiger partial charge on any atom is 0.258 e. The molecule has 3 aromatic carbocycles. The zero-order valence-electron chi connectivity index (χ0n) is 14.6. The maximum absolute atomic E-state index is 12.5. The van der Waals surface area contributed by atoms with Gasteiger partial charge in [0.2, 0.25) is 0 Å². The molecule has 0 atom stereocenters. The second-order valence-corrected chi connectivity index (χ2v) is 6.28. The molecular formula is C23H19NO2. The van der Waals surface area contributed by atoms with Gasteiger partial charge in [0.15, 0.2) is 0 Å². The van der Waals surface area contributed by atoms with Crippen molar-refractivity contribution in [2.45, 2.75) is 6.61 Å². The number of likely N-dealkylation sites (N-methyl/N-ethyl adjacent to an activating group) is 1. The summed E-state index contributed by atoms with van der Waals surface area (Å²) in [6.07, 6.45) is 1.94. The Balaban J connectivity index is 1.52. The van der Waals surface area contributed by atoms with E-state index in [-0.39, 0.29) is 5.91 Å². The molecule has 0 saturated carbocycles. The summed E-state index contributed by atoms with van der Waals surface area (Å²) in [7, 11) is 1.81. The van der Waals surface area contributed by atoms with Gasteiger partial charge in [0.05, 0.1) is 5.69 Å². The number of hydrogen-bond donors (Lipinski definition) is 0. The van der Waals surface area contributed by atoms with Crippen molar-refractivity contribution in [1.82, 2.24) is 0 Å². The first-order chi connectivity index (χ1) is 12.7. The zero-order valence-corrected chi connectivity index (χ0v) is 14.6. The summed E-state index contributed by atoms with van der Waals surface area (Å²) in [5.41, 5.74) is 4.76. The van der Waals surface area contributed by atoms with Crippen molar-refractivity contribution >= 4 is 23.2 Å². The minimum Gasteiger partial charge on any atom is -0.489 e. The van der Waals surface area contributed by atoms with Crippen molar-refractivity contribution in [3.63, 3.8) is 0 Å². The van der Waals surface area contributed by atoms with E-state index in [9.17, 15) is 4.79 Å². The highest BCUT2D eigenvalue weighted by Gasteiger charge is 2.28. The molecule has 26 heavy (non-hydrogen) atoms. The Morgan fingerprint density at radius 2 is 1.58 bits per heavy atom. The summed E-state index contributed by atoms with van der Waals surface area (Å²) < 4.78 is 5.82. The molecule has 4 rings (SSSR count). The van der Waals surface area contributed by atoms with Crippen LogP contribution in [0.4, 0.5) is 5.69 Å². The van der Waals surface area contributed by atoms with E-state index >= 15 is 0 Å². The average molecular weight is 341 g/mol. The Kier molecular flexibility index (Phi) is 4.28. The summed E-state index contributed by atoms with van der Waals surface area (Å²) in [5.74, 6) is 0.835. The molecule has 3 nitrogen and oxygen atoms in total. The average Bonchev–Trinajstić information content (AvgIpc) is 2.93. The number of para-hydroxylation sites is 1. The number of fused-ring (bicyclic) bond motifs is 1. The molecule has 0 saturated heterocycles. The molecule has 1 heterocycles. The van der Waals surface area contributed by atoms with Crippen LogP contribution >= 0.6 is 0 Å². The molecule has 3 aromatic rings. The summed E-state index contributed by atoms with van der Waals surface area (Å²) in [6, 6.07) is 25.8. The summed E-state index contributed by atoms with van der Waals surface area (Å²) in [6.45, 7) is 0.540. The number of benzene rings is 3. The Hall–Kier alpha value is -3.33. The van der Waals surface area contributed by atoms with Gasteiger partial charge >= 0.3 is 0 Å². The first-order valence-corrected chi connectivity index (χ1v) is 8.58. The Morgan fingerprint density at radius 3 is 2.35 bits per heavy atom. The molecule has 3 heteroatoms. The van der Waals surface area contributed by atoms with Gasteiger partial charge < -0.3 is 9.64 Å². The van der Waals surface area contributed by atoms with Crippen LogP contribution in [0, 0.1) is 0 Å². The van der Waals surface area contributed by atoms with Crippen LogP contribution in [0.1, 0.15) is 16.7 Å². The van der Waals surface area contributed by atoms with Gasteiger partial charge in [-0.1, -0.05) is 60.7 Å². The minimum absolute atomic E-state index is 0.0237. The van der Waals surface area contributed by atoms with E-state index in [1.807, 2.05) is 92.0 Å². The van der Waals surface area contributed by atoms with Crippen molar-refractivity contribution < 1.29 is 9.53 Å². The van der Waals surface area contributed by atoms with Gasteiger partial charge in [-0.15, -0.1) is 0 Å².